The van der Waals surface area contributed by atoms with Gasteiger partial charge in [-0.15, -0.1) is 0 Å². The Balaban J connectivity index is 3.76. The van der Waals surface area contributed by atoms with Crippen LogP contribution in [0.5, 0.6) is 0 Å². The van der Waals surface area contributed by atoms with E-state index in [0.29, 0.717) is 6.42 Å². The minimum atomic E-state index is -4.34. The summed E-state index contributed by atoms with van der Waals surface area (Å²) in [7, 11) is -4.34. The van der Waals surface area contributed by atoms with Gasteiger partial charge in [0.05, 0.1) is 17.9 Å². The zero-order valence-electron chi connectivity index (χ0n) is 38.2. The molecule has 0 aliphatic rings. The molecular weight excluding hydrogens is 727 g/mol. The van der Waals surface area contributed by atoms with E-state index in [1.165, 1.54) is 225 Å². The molecule has 0 aliphatic carbocycles. The molecular formula is C50H99NO5S. The predicted molar refractivity (Wildman–Crippen MR) is 249 cm³/mol. The lowest BCUT2D eigenvalue weighted by Crippen LogP contribution is -2.46. The van der Waals surface area contributed by atoms with E-state index in [2.05, 4.69) is 19.2 Å². The summed E-state index contributed by atoms with van der Waals surface area (Å²) in [6.07, 6.45) is 56.5. The van der Waals surface area contributed by atoms with Crippen molar-refractivity contribution in [3.63, 3.8) is 0 Å². The molecule has 0 radical (unpaired) electrons. The van der Waals surface area contributed by atoms with Gasteiger partial charge in [-0.05, 0) is 19.3 Å². The van der Waals surface area contributed by atoms with Crippen molar-refractivity contribution in [3.05, 3.63) is 12.2 Å². The van der Waals surface area contributed by atoms with Crippen LogP contribution in [-0.4, -0.2) is 41.9 Å². The second-order valence-corrected chi connectivity index (χ2v) is 19.3. The summed E-state index contributed by atoms with van der Waals surface area (Å²) in [6, 6.07) is -1.05. The number of hydrogen-bond acceptors (Lipinski definition) is 4. The van der Waals surface area contributed by atoms with Crippen molar-refractivity contribution in [1.29, 1.82) is 0 Å². The number of aliphatic hydroxyl groups excluding tert-OH is 1. The van der Waals surface area contributed by atoms with Gasteiger partial charge in [0.15, 0.2) is 0 Å². The molecule has 0 saturated carbocycles. The number of carbonyl (C=O) groups is 1. The second-order valence-electron chi connectivity index (χ2n) is 17.8. The van der Waals surface area contributed by atoms with E-state index < -0.39 is 28.0 Å². The van der Waals surface area contributed by atoms with E-state index in [1.54, 1.807) is 6.08 Å². The molecule has 0 saturated heterocycles. The molecule has 0 aliphatic heterocycles. The third kappa shape index (κ3) is 46.0. The minimum absolute atomic E-state index is 0.271. The Morgan fingerprint density at radius 3 is 1.00 bits per heavy atom. The fraction of sp³-hybridized carbons (Fsp3) is 0.940. The molecule has 2 atom stereocenters. The molecule has 0 bridgehead atoms. The van der Waals surface area contributed by atoms with Crippen LogP contribution in [-0.2, 0) is 14.9 Å². The number of hydrogen-bond donors (Lipinski definition) is 3. The summed E-state index contributed by atoms with van der Waals surface area (Å²) in [5.41, 5.74) is 0. The first-order valence-electron chi connectivity index (χ1n) is 25.4. The van der Waals surface area contributed by atoms with E-state index in [9.17, 15) is 22.9 Å². The lowest BCUT2D eigenvalue weighted by molar-refractivity contribution is -0.122. The van der Waals surface area contributed by atoms with Crippen LogP contribution >= 0.6 is 0 Å². The molecule has 0 fully saturated rings. The maximum atomic E-state index is 12.6. The molecule has 0 aromatic heterocycles. The molecule has 2 unspecified atom stereocenters. The maximum absolute atomic E-state index is 12.6. The van der Waals surface area contributed by atoms with Crippen LogP contribution in [0.1, 0.15) is 284 Å². The molecule has 3 N–H and O–H groups in total. The molecule has 0 spiro atoms. The highest BCUT2D eigenvalue weighted by molar-refractivity contribution is 7.85. The van der Waals surface area contributed by atoms with Gasteiger partial charge >= 0.3 is 0 Å². The van der Waals surface area contributed by atoms with Crippen molar-refractivity contribution in [2.45, 2.75) is 296 Å². The second kappa shape index (κ2) is 44.6. The smallest absolute Gasteiger partial charge is 0.267 e. The lowest BCUT2D eigenvalue weighted by atomic mass is 10.0. The first kappa shape index (κ1) is 56.1. The van der Waals surface area contributed by atoms with Crippen LogP contribution in [0.25, 0.3) is 0 Å². The Hall–Kier alpha value is -0.920. The Bertz CT molecular complexity index is 954. The first-order chi connectivity index (χ1) is 27.8. The Labute approximate surface area is 356 Å². The van der Waals surface area contributed by atoms with Gasteiger partial charge < -0.3 is 10.4 Å². The Kier molecular flexibility index (Phi) is 43.9. The molecule has 0 aromatic carbocycles. The van der Waals surface area contributed by atoms with Crippen molar-refractivity contribution < 1.29 is 22.9 Å². The van der Waals surface area contributed by atoms with Gasteiger partial charge in [0.2, 0.25) is 5.91 Å². The van der Waals surface area contributed by atoms with Crippen LogP contribution in [0.4, 0.5) is 0 Å². The highest BCUT2D eigenvalue weighted by Crippen LogP contribution is 2.17. The summed E-state index contributed by atoms with van der Waals surface area (Å²) < 4.78 is 32.7. The molecule has 7 heteroatoms. The first-order valence-corrected chi connectivity index (χ1v) is 27.0. The molecule has 340 valence electrons. The van der Waals surface area contributed by atoms with E-state index in [-0.39, 0.29) is 5.91 Å². The highest BCUT2D eigenvalue weighted by atomic mass is 32.2. The standard InChI is InChI=1S/C50H99NO5S/c1-3-5-7-9-11-13-15-17-19-21-23-25-27-29-31-33-35-37-39-41-43-45-49(52)48(47-57(54,55)56)51-50(53)46-44-42-40-38-36-34-32-30-28-26-24-22-20-18-16-14-12-10-8-6-4-2/h43,45,48-49,52H,3-42,44,46-47H2,1-2H3,(H,51,53)(H,54,55,56)/b45-43+. The fourth-order valence-corrected chi connectivity index (χ4v) is 8.89. The van der Waals surface area contributed by atoms with Crippen LogP contribution in [0.2, 0.25) is 0 Å². The molecule has 6 nitrogen and oxygen atoms in total. The van der Waals surface area contributed by atoms with Crippen molar-refractivity contribution in [1.82, 2.24) is 5.32 Å². The zero-order chi connectivity index (χ0) is 41.8. The summed E-state index contributed by atoms with van der Waals surface area (Å²) in [4.78, 5) is 12.6. The fourth-order valence-electron chi connectivity index (χ4n) is 8.16. The van der Waals surface area contributed by atoms with E-state index in [1.807, 2.05) is 6.08 Å². The Morgan fingerprint density at radius 1 is 0.456 bits per heavy atom. The number of carbonyl (C=O) groups excluding carboxylic acids is 1. The Morgan fingerprint density at radius 2 is 0.719 bits per heavy atom. The van der Waals surface area contributed by atoms with Crippen LogP contribution in [0, 0.1) is 0 Å². The SMILES string of the molecule is CCCCCCCCCCCCCCCCCCCCC/C=C/C(O)C(CS(=O)(=O)O)NC(=O)CCCCCCCCCCCCCCCCCCCCCCC. The average molecular weight is 826 g/mol. The maximum Gasteiger partial charge on any atom is 0.267 e. The van der Waals surface area contributed by atoms with Crippen LogP contribution < -0.4 is 5.32 Å². The number of nitrogens with one attached hydrogen (secondary N) is 1. The van der Waals surface area contributed by atoms with Crippen molar-refractivity contribution >= 4 is 16.0 Å². The van der Waals surface area contributed by atoms with Gasteiger partial charge in [-0.2, -0.15) is 8.42 Å². The monoisotopic (exact) mass is 826 g/mol. The zero-order valence-corrected chi connectivity index (χ0v) is 39.1. The van der Waals surface area contributed by atoms with Crippen LogP contribution in [0.3, 0.4) is 0 Å². The third-order valence-corrected chi connectivity index (χ3v) is 12.7. The molecule has 57 heavy (non-hydrogen) atoms. The van der Waals surface area contributed by atoms with E-state index >= 15 is 0 Å². The quantitative estimate of drug-likeness (QED) is 0.0322. The number of rotatable bonds is 47. The summed E-state index contributed by atoms with van der Waals surface area (Å²) in [5, 5.41) is 13.3. The van der Waals surface area contributed by atoms with Gasteiger partial charge in [0.1, 0.15) is 0 Å². The van der Waals surface area contributed by atoms with Crippen molar-refractivity contribution in [2.75, 3.05) is 5.75 Å². The van der Waals surface area contributed by atoms with Crippen LogP contribution in [0.15, 0.2) is 12.2 Å². The molecule has 0 heterocycles. The van der Waals surface area contributed by atoms with Crippen molar-refractivity contribution in [3.8, 4) is 0 Å². The summed E-state index contributed by atoms with van der Waals surface area (Å²) in [6.45, 7) is 4.56. The molecule has 0 aromatic rings. The summed E-state index contributed by atoms with van der Waals surface area (Å²) in [5.74, 6) is -0.962. The highest BCUT2D eigenvalue weighted by Gasteiger charge is 2.24. The topological polar surface area (TPSA) is 104 Å². The van der Waals surface area contributed by atoms with Gasteiger partial charge in [0, 0.05) is 6.42 Å². The van der Waals surface area contributed by atoms with Gasteiger partial charge in [-0.25, -0.2) is 0 Å². The third-order valence-electron chi connectivity index (χ3n) is 12.0. The number of amides is 1. The molecule has 0 rings (SSSR count). The lowest BCUT2D eigenvalue weighted by Gasteiger charge is -2.21. The number of allylic oxidation sites excluding steroid dienone is 1. The normalized spacial score (nSPS) is 13.1. The minimum Gasteiger partial charge on any atom is -0.387 e. The number of unbranched alkanes of at least 4 members (excludes halogenated alkanes) is 39. The largest absolute Gasteiger partial charge is 0.387 e. The summed E-state index contributed by atoms with van der Waals surface area (Å²) >= 11 is 0. The van der Waals surface area contributed by atoms with Gasteiger partial charge in [-0.3, -0.25) is 9.35 Å². The number of aliphatic hydroxyl groups is 1. The van der Waals surface area contributed by atoms with Gasteiger partial charge in [-0.1, -0.05) is 270 Å². The molecule has 1 amide bonds. The average Bonchev–Trinajstić information content (AvgIpc) is 3.18. The van der Waals surface area contributed by atoms with Crippen molar-refractivity contribution in [2.24, 2.45) is 0 Å². The van der Waals surface area contributed by atoms with E-state index in [4.69, 9.17) is 0 Å². The van der Waals surface area contributed by atoms with E-state index in [0.717, 1.165) is 38.5 Å². The van der Waals surface area contributed by atoms with Gasteiger partial charge in [0.25, 0.3) is 10.1 Å². The predicted octanol–water partition coefficient (Wildman–Crippen LogP) is 15.7.